The van der Waals surface area contributed by atoms with E-state index in [2.05, 4.69) is 69.1 Å². The van der Waals surface area contributed by atoms with E-state index in [1.807, 2.05) is 0 Å². The Labute approximate surface area is 124 Å². The molecule has 1 saturated heterocycles. The Morgan fingerprint density at radius 1 is 1.30 bits per heavy atom. The zero-order valence-electron chi connectivity index (χ0n) is 13.7. The first-order chi connectivity index (χ1) is 9.42. The van der Waals surface area contributed by atoms with Gasteiger partial charge in [0, 0.05) is 31.2 Å². The molecule has 1 heterocycles. The van der Waals surface area contributed by atoms with Crippen molar-refractivity contribution in [2.45, 2.75) is 59.2 Å². The van der Waals surface area contributed by atoms with Crippen LogP contribution in [0.5, 0.6) is 0 Å². The highest BCUT2D eigenvalue weighted by atomic mass is 15.3. The average molecular weight is 274 g/mol. The Bertz CT molecular complexity index is 422. The van der Waals surface area contributed by atoms with Crippen LogP contribution < -0.4 is 5.32 Å². The second-order valence-corrected chi connectivity index (χ2v) is 7.05. The fraction of sp³-hybridized carbons (Fsp3) is 0.667. The maximum Gasteiger partial charge on any atom is 0.0281 e. The van der Waals surface area contributed by atoms with Crippen molar-refractivity contribution in [2.24, 2.45) is 5.92 Å². The molecule has 0 saturated carbocycles. The monoisotopic (exact) mass is 274 g/mol. The number of aryl methyl sites for hydroxylation is 1. The number of benzene rings is 1. The first kappa shape index (κ1) is 15.5. The minimum absolute atomic E-state index is 0.231. The first-order valence-corrected chi connectivity index (χ1v) is 7.96. The van der Waals surface area contributed by atoms with E-state index in [1.54, 1.807) is 0 Å². The Kier molecular flexibility index (Phi) is 4.87. The van der Waals surface area contributed by atoms with Crippen molar-refractivity contribution in [3.05, 3.63) is 35.4 Å². The number of piperazine rings is 1. The minimum atomic E-state index is 0.231. The van der Waals surface area contributed by atoms with Crippen LogP contribution in [0.4, 0.5) is 0 Å². The molecular formula is C18H30N2. The van der Waals surface area contributed by atoms with E-state index in [9.17, 15) is 0 Å². The molecule has 0 aromatic heterocycles. The molecular weight excluding hydrogens is 244 g/mol. The summed E-state index contributed by atoms with van der Waals surface area (Å²) in [6.07, 6.45) is 1.25. The van der Waals surface area contributed by atoms with Gasteiger partial charge in [0.1, 0.15) is 0 Å². The van der Waals surface area contributed by atoms with E-state index >= 15 is 0 Å². The second-order valence-electron chi connectivity index (χ2n) is 7.05. The summed E-state index contributed by atoms with van der Waals surface area (Å²) < 4.78 is 0. The lowest BCUT2D eigenvalue weighted by molar-refractivity contribution is 0.0449. The highest BCUT2D eigenvalue weighted by molar-refractivity contribution is 5.21. The molecule has 0 spiro atoms. The lowest BCUT2D eigenvalue weighted by Crippen LogP contribution is -2.62. The molecule has 1 N–H and O–H groups in total. The van der Waals surface area contributed by atoms with Crippen LogP contribution in [0.3, 0.4) is 0 Å². The molecule has 0 amide bonds. The van der Waals surface area contributed by atoms with E-state index in [1.165, 1.54) is 17.5 Å². The molecule has 2 nitrogen and oxygen atoms in total. The molecule has 1 fully saturated rings. The fourth-order valence-electron chi connectivity index (χ4n) is 2.90. The van der Waals surface area contributed by atoms with E-state index in [0.717, 1.165) is 25.6 Å². The van der Waals surface area contributed by atoms with Crippen LogP contribution >= 0.6 is 0 Å². The summed E-state index contributed by atoms with van der Waals surface area (Å²) in [7, 11) is 0. The Morgan fingerprint density at radius 2 is 1.95 bits per heavy atom. The van der Waals surface area contributed by atoms with Crippen LogP contribution in [0.1, 0.15) is 45.2 Å². The summed E-state index contributed by atoms with van der Waals surface area (Å²) in [6, 6.07) is 9.60. The van der Waals surface area contributed by atoms with Crippen molar-refractivity contribution < 1.29 is 0 Å². The van der Waals surface area contributed by atoms with Gasteiger partial charge in [-0.3, -0.25) is 4.90 Å². The van der Waals surface area contributed by atoms with Crippen molar-refractivity contribution in [1.29, 1.82) is 0 Å². The molecule has 1 aromatic rings. The number of nitrogens with zero attached hydrogens (tertiary/aromatic N) is 1. The van der Waals surface area contributed by atoms with Gasteiger partial charge in [0.2, 0.25) is 0 Å². The molecule has 0 aliphatic carbocycles. The third-order valence-electron chi connectivity index (χ3n) is 4.89. The van der Waals surface area contributed by atoms with Crippen LogP contribution in [0.2, 0.25) is 0 Å². The lowest BCUT2D eigenvalue weighted by atomic mass is 9.90. The first-order valence-electron chi connectivity index (χ1n) is 7.96. The standard InChI is InChI=1S/C18H30N2/c1-6-15(3)17-12-20(18(4,5)13-19-17)11-16-9-7-14(2)8-10-16/h7-10,15,17,19H,6,11-13H2,1-5H3. The molecule has 0 radical (unpaired) electrons. The molecule has 1 aliphatic heterocycles. The molecule has 20 heavy (non-hydrogen) atoms. The normalized spacial score (nSPS) is 24.6. The molecule has 1 aromatic carbocycles. The molecule has 2 heteroatoms. The zero-order valence-corrected chi connectivity index (χ0v) is 13.7. The summed E-state index contributed by atoms with van der Waals surface area (Å²) >= 11 is 0. The summed E-state index contributed by atoms with van der Waals surface area (Å²) in [5.41, 5.74) is 2.99. The van der Waals surface area contributed by atoms with Gasteiger partial charge >= 0.3 is 0 Å². The highest BCUT2D eigenvalue weighted by Gasteiger charge is 2.35. The third-order valence-corrected chi connectivity index (χ3v) is 4.89. The number of nitrogens with one attached hydrogen (secondary N) is 1. The van der Waals surface area contributed by atoms with E-state index in [4.69, 9.17) is 0 Å². The maximum absolute atomic E-state index is 3.74. The smallest absolute Gasteiger partial charge is 0.0281 e. The lowest BCUT2D eigenvalue weighted by Gasteiger charge is -2.47. The SMILES string of the molecule is CCC(C)C1CN(Cc2ccc(C)cc2)C(C)(C)CN1. The van der Waals surface area contributed by atoms with Crippen LogP contribution in [0.25, 0.3) is 0 Å². The van der Waals surface area contributed by atoms with Crippen molar-refractivity contribution in [1.82, 2.24) is 10.2 Å². The molecule has 2 atom stereocenters. The molecule has 0 bridgehead atoms. The van der Waals surface area contributed by atoms with Gasteiger partial charge in [-0.1, -0.05) is 50.1 Å². The fourth-order valence-corrected chi connectivity index (χ4v) is 2.90. The van der Waals surface area contributed by atoms with Crippen LogP contribution in [0, 0.1) is 12.8 Å². The van der Waals surface area contributed by atoms with Crippen molar-refractivity contribution in [3.8, 4) is 0 Å². The van der Waals surface area contributed by atoms with Crippen LogP contribution in [-0.2, 0) is 6.54 Å². The van der Waals surface area contributed by atoms with Gasteiger partial charge in [-0.25, -0.2) is 0 Å². The Hall–Kier alpha value is -0.860. The van der Waals surface area contributed by atoms with Crippen LogP contribution in [0.15, 0.2) is 24.3 Å². The van der Waals surface area contributed by atoms with Gasteiger partial charge in [0.05, 0.1) is 0 Å². The Balaban J connectivity index is 2.07. The van der Waals surface area contributed by atoms with Crippen molar-refractivity contribution in [2.75, 3.05) is 13.1 Å². The second kappa shape index (κ2) is 6.28. The van der Waals surface area contributed by atoms with Gasteiger partial charge < -0.3 is 5.32 Å². The predicted molar refractivity (Wildman–Crippen MR) is 86.9 cm³/mol. The van der Waals surface area contributed by atoms with Gasteiger partial charge in [-0.15, -0.1) is 0 Å². The molecule has 2 rings (SSSR count). The number of rotatable bonds is 4. The minimum Gasteiger partial charge on any atom is -0.311 e. The topological polar surface area (TPSA) is 15.3 Å². The van der Waals surface area contributed by atoms with E-state index < -0.39 is 0 Å². The largest absolute Gasteiger partial charge is 0.311 e. The number of hydrogen-bond donors (Lipinski definition) is 1. The number of hydrogen-bond acceptors (Lipinski definition) is 2. The molecule has 2 unspecified atom stereocenters. The quantitative estimate of drug-likeness (QED) is 0.902. The Morgan fingerprint density at radius 3 is 2.55 bits per heavy atom. The van der Waals surface area contributed by atoms with Crippen molar-refractivity contribution in [3.63, 3.8) is 0 Å². The third kappa shape index (κ3) is 3.62. The predicted octanol–water partition coefficient (Wildman–Crippen LogP) is 3.59. The van der Waals surface area contributed by atoms with Gasteiger partial charge in [0.25, 0.3) is 0 Å². The van der Waals surface area contributed by atoms with Gasteiger partial charge in [0.15, 0.2) is 0 Å². The summed E-state index contributed by atoms with van der Waals surface area (Å²) in [5.74, 6) is 0.742. The average Bonchev–Trinajstić information content (AvgIpc) is 2.42. The van der Waals surface area contributed by atoms with Gasteiger partial charge in [-0.05, 0) is 32.3 Å². The highest BCUT2D eigenvalue weighted by Crippen LogP contribution is 2.24. The van der Waals surface area contributed by atoms with E-state index in [0.29, 0.717) is 6.04 Å². The van der Waals surface area contributed by atoms with Crippen molar-refractivity contribution >= 4 is 0 Å². The maximum atomic E-state index is 3.74. The summed E-state index contributed by atoms with van der Waals surface area (Å²) in [4.78, 5) is 2.64. The molecule has 112 valence electrons. The van der Waals surface area contributed by atoms with E-state index in [-0.39, 0.29) is 5.54 Å². The summed E-state index contributed by atoms with van der Waals surface area (Å²) in [5, 5.41) is 3.74. The van der Waals surface area contributed by atoms with Gasteiger partial charge in [-0.2, -0.15) is 0 Å². The zero-order chi connectivity index (χ0) is 14.8. The van der Waals surface area contributed by atoms with Crippen LogP contribution in [-0.4, -0.2) is 29.6 Å². The molecule has 1 aliphatic rings. The summed E-state index contributed by atoms with van der Waals surface area (Å²) in [6.45, 7) is 14.8.